The van der Waals surface area contributed by atoms with Gasteiger partial charge in [0.2, 0.25) is 0 Å². The molecule has 0 bridgehead atoms. The molecule has 1 aromatic rings. The molecule has 1 aromatic carbocycles. The van der Waals surface area contributed by atoms with Crippen molar-refractivity contribution < 1.29 is 4.74 Å². The Balaban J connectivity index is 2.34. The summed E-state index contributed by atoms with van der Waals surface area (Å²) in [7, 11) is 0. The first-order valence-electron chi connectivity index (χ1n) is 3.90. The molecule has 0 aromatic heterocycles. The second-order valence-corrected chi connectivity index (χ2v) is 3.92. The van der Waals surface area contributed by atoms with Crippen molar-refractivity contribution in [2.45, 2.75) is 5.92 Å². The monoisotopic (exact) mass is 227 g/mol. The van der Waals surface area contributed by atoms with Gasteiger partial charge in [-0.05, 0) is 23.8 Å². The summed E-state index contributed by atoms with van der Waals surface area (Å²) in [5.74, 6) is 0.502. The Bertz CT molecular complexity index is 297. The summed E-state index contributed by atoms with van der Waals surface area (Å²) in [6.45, 7) is 1.61. The van der Waals surface area contributed by atoms with Crippen LogP contribution in [0.3, 0.4) is 0 Å². The van der Waals surface area contributed by atoms with Crippen LogP contribution in [0.1, 0.15) is 11.5 Å². The minimum Gasteiger partial charge on any atom is -0.398 e. The van der Waals surface area contributed by atoms with Crippen LogP contribution in [0.2, 0.25) is 0 Å². The maximum absolute atomic E-state index is 5.82. The average molecular weight is 228 g/mol. The van der Waals surface area contributed by atoms with Gasteiger partial charge in [0, 0.05) is 16.1 Å². The van der Waals surface area contributed by atoms with Crippen molar-refractivity contribution in [1.29, 1.82) is 0 Å². The third-order valence-corrected chi connectivity index (χ3v) is 2.62. The third-order valence-electron chi connectivity index (χ3n) is 2.13. The van der Waals surface area contributed by atoms with Crippen LogP contribution in [0.4, 0.5) is 5.69 Å². The average Bonchev–Trinajstić information content (AvgIpc) is 1.93. The molecule has 1 saturated heterocycles. The van der Waals surface area contributed by atoms with E-state index in [1.807, 2.05) is 12.1 Å². The molecule has 64 valence electrons. The number of rotatable bonds is 1. The van der Waals surface area contributed by atoms with Crippen molar-refractivity contribution in [3.63, 3.8) is 0 Å². The quantitative estimate of drug-likeness (QED) is 0.747. The zero-order chi connectivity index (χ0) is 8.55. The topological polar surface area (TPSA) is 35.2 Å². The third kappa shape index (κ3) is 1.34. The van der Waals surface area contributed by atoms with Crippen molar-refractivity contribution in [2.24, 2.45) is 0 Å². The van der Waals surface area contributed by atoms with E-state index in [1.54, 1.807) is 0 Å². The molecule has 0 aliphatic carbocycles. The predicted octanol–water partition coefficient (Wildman–Crippen LogP) is 2.15. The maximum Gasteiger partial charge on any atom is 0.0558 e. The predicted molar refractivity (Wildman–Crippen MR) is 52.1 cm³/mol. The molecule has 0 unspecified atom stereocenters. The lowest BCUT2D eigenvalue weighted by Gasteiger charge is -2.27. The Labute approximate surface area is 79.8 Å². The molecule has 12 heavy (non-hydrogen) atoms. The van der Waals surface area contributed by atoms with Crippen molar-refractivity contribution in [1.82, 2.24) is 0 Å². The van der Waals surface area contributed by atoms with Gasteiger partial charge < -0.3 is 10.5 Å². The molecule has 0 amide bonds. The summed E-state index contributed by atoms with van der Waals surface area (Å²) in [6.07, 6.45) is 0. The summed E-state index contributed by atoms with van der Waals surface area (Å²) in [5, 5.41) is 0. The van der Waals surface area contributed by atoms with Gasteiger partial charge in [-0.1, -0.05) is 15.9 Å². The Morgan fingerprint density at radius 1 is 1.42 bits per heavy atom. The first-order chi connectivity index (χ1) is 5.77. The minimum absolute atomic E-state index is 0.502. The van der Waals surface area contributed by atoms with Crippen LogP contribution in [-0.4, -0.2) is 13.2 Å². The molecule has 3 heteroatoms. The Kier molecular flexibility index (Phi) is 2.07. The number of benzene rings is 1. The number of halogens is 1. The van der Waals surface area contributed by atoms with Crippen LogP contribution in [0.5, 0.6) is 0 Å². The lowest BCUT2D eigenvalue weighted by atomic mass is 9.96. The zero-order valence-electron chi connectivity index (χ0n) is 6.59. The summed E-state index contributed by atoms with van der Waals surface area (Å²) in [6, 6.07) is 5.96. The fraction of sp³-hybridized carbons (Fsp3) is 0.333. The highest BCUT2D eigenvalue weighted by atomic mass is 79.9. The van der Waals surface area contributed by atoms with Gasteiger partial charge in [-0.2, -0.15) is 0 Å². The molecule has 1 aliphatic rings. The number of ether oxygens (including phenoxy) is 1. The number of hydrogen-bond donors (Lipinski definition) is 1. The van der Waals surface area contributed by atoms with Gasteiger partial charge in [0.25, 0.3) is 0 Å². The molecule has 0 atom stereocenters. The van der Waals surface area contributed by atoms with Crippen molar-refractivity contribution in [3.8, 4) is 0 Å². The van der Waals surface area contributed by atoms with Gasteiger partial charge in [-0.25, -0.2) is 0 Å². The number of nitrogen functional groups attached to an aromatic ring is 1. The summed E-state index contributed by atoms with van der Waals surface area (Å²) < 4.78 is 6.20. The molecule has 0 spiro atoms. The van der Waals surface area contributed by atoms with E-state index in [0.717, 1.165) is 23.4 Å². The Morgan fingerprint density at radius 3 is 2.75 bits per heavy atom. The lowest BCUT2D eigenvalue weighted by Crippen LogP contribution is -2.25. The fourth-order valence-electron chi connectivity index (χ4n) is 1.31. The van der Waals surface area contributed by atoms with Crippen LogP contribution in [0, 0.1) is 0 Å². The van der Waals surface area contributed by atoms with Crippen LogP contribution in [-0.2, 0) is 4.74 Å². The molecule has 2 N–H and O–H groups in total. The highest BCUT2D eigenvalue weighted by molar-refractivity contribution is 9.10. The van der Waals surface area contributed by atoms with Gasteiger partial charge >= 0.3 is 0 Å². The zero-order valence-corrected chi connectivity index (χ0v) is 8.17. The number of anilines is 1. The van der Waals surface area contributed by atoms with Crippen LogP contribution in [0.25, 0.3) is 0 Å². The van der Waals surface area contributed by atoms with Gasteiger partial charge in [0.05, 0.1) is 13.2 Å². The van der Waals surface area contributed by atoms with Gasteiger partial charge in [-0.3, -0.25) is 0 Å². The lowest BCUT2D eigenvalue weighted by molar-refractivity contribution is 0.00869. The largest absolute Gasteiger partial charge is 0.398 e. The molecule has 0 saturated carbocycles. The second kappa shape index (κ2) is 3.07. The molecular formula is C9H10BrNO. The van der Waals surface area contributed by atoms with Gasteiger partial charge in [0.15, 0.2) is 0 Å². The number of nitrogens with two attached hydrogens (primary N) is 1. The fourth-order valence-corrected chi connectivity index (χ4v) is 1.69. The van der Waals surface area contributed by atoms with E-state index in [2.05, 4.69) is 22.0 Å². The summed E-state index contributed by atoms with van der Waals surface area (Å²) in [4.78, 5) is 0. The Morgan fingerprint density at radius 2 is 2.17 bits per heavy atom. The highest BCUT2D eigenvalue weighted by Gasteiger charge is 2.22. The van der Waals surface area contributed by atoms with E-state index in [9.17, 15) is 0 Å². The standard InChI is InChI=1S/C9H10BrNO/c10-7-1-2-9(11)8(3-7)6-4-12-5-6/h1-3,6H,4-5,11H2. The van der Waals surface area contributed by atoms with Gasteiger partial charge in [0.1, 0.15) is 0 Å². The van der Waals surface area contributed by atoms with Gasteiger partial charge in [-0.15, -0.1) is 0 Å². The first-order valence-corrected chi connectivity index (χ1v) is 4.69. The van der Waals surface area contributed by atoms with Crippen molar-refractivity contribution in [2.75, 3.05) is 18.9 Å². The van der Waals surface area contributed by atoms with Crippen LogP contribution in [0.15, 0.2) is 22.7 Å². The molecule has 2 nitrogen and oxygen atoms in total. The summed E-state index contributed by atoms with van der Waals surface area (Å²) >= 11 is 3.42. The van der Waals surface area contributed by atoms with E-state index >= 15 is 0 Å². The summed E-state index contributed by atoms with van der Waals surface area (Å²) in [5.41, 5.74) is 7.89. The van der Waals surface area contributed by atoms with E-state index in [-0.39, 0.29) is 0 Å². The van der Waals surface area contributed by atoms with E-state index in [4.69, 9.17) is 10.5 Å². The maximum atomic E-state index is 5.82. The smallest absolute Gasteiger partial charge is 0.0558 e. The molecule has 1 aliphatic heterocycles. The molecule has 2 rings (SSSR count). The van der Waals surface area contributed by atoms with Crippen molar-refractivity contribution >= 4 is 21.6 Å². The van der Waals surface area contributed by atoms with Crippen molar-refractivity contribution in [3.05, 3.63) is 28.2 Å². The van der Waals surface area contributed by atoms with E-state index in [1.165, 1.54) is 5.56 Å². The normalized spacial score (nSPS) is 17.4. The SMILES string of the molecule is Nc1ccc(Br)cc1C1COC1. The van der Waals surface area contributed by atoms with Crippen LogP contribution < -0.4 is 5.73 Å². The molecule has 1 heterocycles. The second-order valence-electron chi connectivity index (χ2n) is 3.01. The first kappa shape index (κ1) is 8.08. The number of hydrogen-bond acceptors (Lipinski definition) is 2. The minimum atomic E-state index is 0.502. The molecule has 0 radical (unpaired) electrons. The molecule has 1 fully saturated rings. The van der Waals surface area contributed by atoms with E-state index < -0.39 is 0 Å². The Hall–Kier alpha value is -0.540. The highest BCUT2D eigenvalue weighted by Crippen LogP contribution is 2.30. The van der Waals surface area contributed by atoms with E-state index in [0.29, 0.717) is 5.92 Å². The van der Waals surface area contributed by atoms with Crippen LogP contribution >= 0.6 is 15.9 Å². The molecular weight excluding hydrogens is 218 g/mol.